The summed E-state index contributed by atoms with van der Waals surface area (Å²) < 4.78 is 51.7. The number of rotatable bonds is 2. The average molecular weight is 289 g/mol. The van der Waals surface area contributed by atoms with Crippen molar-refractivity contribution in [1.82, 2.24) is 0 Å². The van der Waals surface area contributed by atoms with Gasteiger partial charge >= 0.3 is 0 Å². The molecule has 19 heavy (non-hydrogen) atoms. The number of hydrogen-bond donors (Lipinski definition) is 1. The number of aryl methyl sites for hydroxylation is 1. The van der Waals surface area contributed by atoms with Crippen LogP contribution in [0.5, 0.6) is 0 Å². The Morgan fingerprint density at radius 1 is 1.32 bits per heavy atom. The highest BCUT2D eigenvalue weighted by molar-refractivity contribution is 7.92. The van der Waals surface area contributed by atoms with Crippen LogP contribution >= 0.6 is 0 Å². The molecule has 0 aromatic heterocycles. The first-order valence-electron chi connectivity index (χ1n) is 6.26. The van der Waals surface area contributed by atoms with E-state index in [4.69, 9.17) is 5.73 Å². The lowest BCUT2D eigenvalue weighted by Crippen LogP contribution is -2.38. The fourth-order valence-electron chi connectivity index (χ4n) is 2.55. The van der Waals surface area contributed by atoms with E-state index in [9.17, 15) is 17.2 Å². The second-order valence-corrected chi connectivity index (χ2v) is 7.36. The standard InChI is InChI=1S/C13H17F2NO2S/c1-8-5-6-9(14)11(12(8)15)13(16)10-4-2-3-7-19(10,17)18/h5-6,10,13H,2-4,7,16H2,1H3. The molecule has 2 rings (SSSR count). The molecule has 1 aromatic carbocycles. The Kier molecular flexibility index (Phi) is 3.92. The molecule has 0 saturated carbocycles. The molecule has 2 atom stereocenters. The highest BCUT2D eigenvalue weighted by atomic mass is 32.2. The van der Waals surface area contributed by atoms with Crippen LogP contribution in [0.2, 0.25) is 0 Å². The summed E-state index contributed by atoms with van der Waals surface area (Å²) in [6.07, 6.45) is 1.66. The topological polar surface area (TPSA) is 60.2 Å². The van der Waals surface area contributed by atoms with Crippen molar-refractivity contribution in [2.75, 3.05) is 5.75 Å². The van der Waals surface area contributed by atoms with Gasteiger partial charge in [0.1, 0.15) is 11.6 Å². The van der Waals surface area contributed by atoms with E-state index in [1.54, 1.807) is 0 Å². The molecule has 0 amide bonds. The van der Waals surface area contributed by atoms with Gasteiger partial charge in [-0.2, -0.15) is 0 Å². The van der Waals surface area contributed by atoms with Gasteiger partial charge in [-0.1, -0.05) is 12.5 Å². The molecule has 0 bridgehead atoms. The van der Waals surface area contributed by atoms with Crippen LogP contribution in [0, 0.1) is 18.6 Å². The van der Waals surface area contributed by atoms with Crippen molar-refractivity contribution in [3.8, 4) is 0 Å². The van der Waals surface area contributed by atoms with Crippen LogP contribution < -0.4 is 5.73 Å². The van der Waals surface area contributed by atoms with E-state index in [1.807, 2.05) is 0 Å². The molecule has 6 heteroatoms. The lowest BCUT2D eigenvalue weighted by Gasteiger charge is -2.28. The van der Waals surface area contributed by atoms with E-state index in [2.05, 4.69) is 0 Å². The predicted octanol–water partition coefficient (Wildman–Crippen LogP) is 2.24. The Balaban J connectivity index is 2.44. The fourth-order valence-corrected chi connectivity index (χ4v) is 4.57. The SMILES string of the molecule is Cc1ccc(F)c(C(N)C2CCCCS2(=O)=O)c1F. The van der Waals surface area contributed by atoms with Crippen molar-refractivity contribution in [3.05, 3.63) is 34.9 Å². The lowest BCUT2D eigenvalue weighted by molar-refractivity contribution is 0.470. The molecule has 1 heterocycles. The summed E-state index contributed by atoms with van der Waals surface area (Å²) in [5, 5.41) is -0.896. The summed E-state index contributed by atoms with van der Waals surface area (Å²) >= 11 is 0. The predicted molar refractivity (Wildman–Crippen MR) is 69.4 cm³/mol. The normalized spacial score (nSPS) is 24.1. The van der Waals surface area contributed by atoms with Gasteiger partial charge in [-0.05, 0) is 31.4 Å². The second-order valence-electron chi connectivity index (χ2n) is 5.02. The van der Waals surface area contributed by atoms with E-state index < -0.39 is 32.8 Å². The van der Waals surface area contributed by atoms with Gasteiger partial charge in [-0.15, -0.1) is 0 Å². The zero-order valence-corrected chi connectivity index (χ0v) is 11.5. The van der Waals surface area contributed by atoms with Crippen molar-refractivity contribution >= 4 is 9.84 Å². The van der Waals surface area contributed by atoms with E-state index in [-0.39, 0.29) is 16.9 Å². The summed E-state index contributed by atoms with van der Waals surface area (Å²) in [5.41, 5.74) is 5.81. The maximum Gasteiger partial charge on any atom is 0.155 e. The first-order valence-corrected chi connectivity index (χ1v) is 7.98. The number of nitrogens with two attached hydrogens (primary N) is 1. The fraction of sp³-hybridized carbons (Fsp3) is 0.538. The third kappa shape index (κ3) is 2.65. The van der Waals surface area contributed by atoms with Gasteiger partial charge in [-0.25, -0.2) is 17.2 Å². The molecule has 0 radical (unpaired) electrons. The molecule has 1 aliphatic heterocycles. The molecular weight excluding hydrogens is 272 g/mol. The first kappa shape index (κ1) is 14.4. The van der Waals surface area contributed by atoms with Crippen molar-refractivity contribution in [3.63, 3.8) is 0 Å². The van der Waals surface area contributed by atoms with Gasteiger partial charge in [0.05, 0.1) is 17.0 Å². The maximum atomic E-state index is 14.0. The van der Waals surface area contributed by atoms with Gasteiger partial charge in [0, 0.05) is 5.56 Å². The quantitative estimate of drug-likeness (QED) is 0.908. The minimum absolute atomic E-state index is 0.0421. The number of benzene rings is 1. The van der Waals surface area contributed by atoms with Crippen molar-refractivity contribution in [2.45, 2.75) is 37.5 Å². The molecule has 0 aliphatic carbocycles. The van der Waals surface area contributed by atoms with Crippen LogP contribution in [-0.4, -0.2) is 19.4 Å². The lowest BCUT2D eigenvalue weighted by atomic mass is 9.97. The molecule has 0 spiro atoms. The minimum atomic E-state index is -3.38. The van der Waals surface area contributed by atoms with Crippen molar-refractivity contribution < 1.29 is 17.2 Å². The molecular formula is C13H17F2NO2S. The largest absolute Gasteiger partial charge is 0.323 e. The molecule has 1 saturated heterocycles. The molecule has 3 nitrogen and oxygen atoms in total. The molecule has 1 aliphatic rings. The highest BCUT2D eigenvalue weighted by Crippen LogP contribution is 2.32. The molecule has 106 valence electrons. The summed E-state index contributed by atoms with van der Waals surface area (Å²) in [6.45, 7) is 1.50. The monoisotopic (exact) mass is 289 g/mol. The molecule has 2 N–H and O–H groups in total. The van der Waals surface area contributed by atoms with Gasteiger partial charge in [-0.3, -0.25) is 0 Å². The Morgan fingerprint density at radius 2 is 2.00 bits per heavy atom. The van der Waals surface area contributed by atoms with Crippen LogP contribution in [0.3, 0.4) is 0 Å². The average Bonchev–Trinajstić information content (AvgIpc) is 2.33. The zero-order valence-electron chi connectivity index (χ0n) is 10.7. The van der Waals surface area contributed by atoms with Gasteiger partial charge in [0.25, 0.3) is 0 Å². The smallest absolute Gasteiger partial charge is 0.155 e. The highest BCUT2D eigenvalue weighted by Gasteiger charge is 2.36. The van der Waals surface area contributed by atoms with Crippen LogP contribution in [0.15, 0.2) is 12.1 Å². The van der Waals surface area contributed by atoms with Crippen molar-refractivity contribution in [2.24, 2.45) is 5.73 Å². The first-order chi connectivity index (χ1) is 8.84. The second kappa shape index (κ2) is 5.17. The Morgan fingerprint density at radius 3 is 2.63 bits per heavy atom. The summed E-state index contributed by atoms with van der Waals surface area (Å²) in [6, 6.07) is 1.30. The van der Waals surface area contributed by atoms with E-state index in [0.29, 0.717) is 19.3 Å². The third-order valence-electron chi connectivity index (χ3n) is 3.68. The van der Waals surface area contributed by atoms with Crippen LogP contribution in [0.4, 0.5) is 8.78 Å². The van der Waals surface area contributed by atoms with Gasteiger partial charge < -0.3 is 5.73 Å². The number of sulfone groups is 1. The summed E-state index contributed by atoms with van der Waals surface area (Å²) in [5.74, 6) is -1.48. The maximum absolute atomic E-state index is 14.0. The van der Waals surface area contributed by atoms with Gasteiger partial charge in [0.15, 0.2) is 9.84 Å². The molecule has 1 aromatic rings. The van der Waals surface area contributed by atoms with E-state index >= 15 is 0 Å². The van der Waals surface area contributed by atoms with E-state index in [1.165, 1.54) is 13.0 Å². The Hall–Kier alpha value is -1.01. The zero-order chi connectivity index (χ0) is 14.2. The summed E-state index contributed by atoms with van der Waals surface area (Å²) in [4.78, 5) is 0. The summed E-state index contributed by atoms with van der Waals surface area (Å²) in [7, 11) is -3.38. The van der Waals surface area contributed by atoms with Gasteiger partial charge in [0.2, 0.25) is 0 Å². The molecule has 2 unspecified atom stereocenters. The van der Waals surface area contributed by atoms with Crippen LogP contribution in [0.25, 0.3) is 0 Å². The third-order valence-corrected chi connectivity index (χ3v) is 5.99. The van der Waals surface area contributed by atoms with Crippen LogP contribution in [-0.2, 0) is 9.84 Å². The minimum Gasteiger partial charge on any atom is -0.323 e. The Labute approximate surface area is 111 Å². The van der Waals surface area contributed by atoms with Crippen LogP contribution in [0.1, 0.15) is 36.4 Å². The number of halogens is 2. The Bertz CT molecular complexity index is 587. The number of hydrogen-bond acceptors (Lipinski definition) is 3. The molecule has 1 fully saturated rings. The van der Waals surface area contributed by atoms with Crippen molar-refractivity contribution in [1.29, 1.82) is 0 Å². The van der Waals surface area contributed by atoms with E-state index in [0.717, 1.165) is 6.07 Å².